The van der Waals surface area contributed by atoms with Gasteiger partial charge < -0.3 is 5.73 Å². The average Bonchev–Trinajstić information content (AvgIpc) is 2.65. The van der Waals surface area contributed by atoms with E-state index in [2.05, 4.69) is 20.9 Å². The largest absolute Gasteiger partial charge is 0.319 e. The molecule has 1 unspecified atom stereocenters. The minimum Gasteiger partial charge on any atom is -0.319 e. The van der Waals surface area contributed by atoms with E-state index >= 15 is 0 Å². The van der Waals surface area contributed by atoms with Gasteiger partial charge in [0, 0.05) is 9.85 Å². The number of thiophene rings is 1. The quantitative estimate of drug-likeness (QED) is 0.921. The van der Waals surface area contributed by atoms with Crippen LogP contribution in [-0.4, -0.2) is 4.98 Å². The summed E-state index contributed by atoms with van der Waals surface area (Å²) in [5, 5.41) is 3.92. The molecule has 2 rings (SSSR count). The van der Waals surface area contributed by atoms with E-state index in [0.29, 0.717) is 5.69 Å². The Kier molecular flexibility index (Phi) is 3.14. The standard InChI is InChI=1S/C10H8BrFN2S/c11-8-5-15-4-7(8)10(13)9-2-1-6(12)3-14-9/h1-5,10H,13H2. The molecule has 0 amide bonds. The van der Waals surface area contributed by atoms with Crippen LogP contribution in [0.1, 0.15) is 17.3 Å². The van der Waals surface area contributed by atoms with Crippen molar-refractivity contribution < 1.29 is 4.39 Å². The Labute approximate surface area is 99.1 Å². The zero-order chi connectivity index (χ0) is 10.8. The summed E-state index contributed by atoms with van der Waals surface area (Å²) < 4.78 is 13.6. The number of rotatable bonds is 2. The summed E-state index contributed by atoms with van der Waals surface area (Å²) in [5.41, 5.74) is 7.64. The molecule has 2 nitrogen and oxygen atoms in total. The molecule has 1 atom stereocenters. The van der Waals surface area contributed by atoms with Gasteiger partial charge in [0.05, 0.1) is 17.9 Å². The summed E-state index contributed by atoms with van der Waals surface area (Å²) in [7, 11) is 0. The third-order valence-corrected chi connectivity index (χ3v) is 3.80. The Morgan fingerprint density at radius 3 is 2.73 bits per heavy atom. The number of aromatic nitrogens is 1. The van der Waals surface area contributed by atoms with Crippen molar-refractivity contribution in [2.45, 2.75) is 6.04 Å². The zero-order valence-electron chi connectivity index (χ0n) is 7.65. The molecule has 0 spiro atoms. The summed E-state index contributed by atoms with van der Waals surface area (Å²) in [6.07, 6.45) is 1.18. The molecule has 5 heteroatoms. The summed E-state index contributed by atoms with van der Waals surface area (Å²) >= 11 is 4.97. The van der Waals surface area contributed by atoms with Crippen LogP contribution in [0.4, 0.5) is 4.39 Å². The molecule has 2 aromatic rings. The fourth-order valence-corrected chi connectivity index (χ4v) is 2.82. The fraction of sp³-hybridized carbons (Fsp3) is 0.100. The molecular weight excluding hydrogens is 279 g/mol. The Bertz CT molecular complexity index is 455. The van der Waals surface area contributed by atoms with Crippen LogP contribution in [-0.2, 0) is 0 Å². The van der Waals surface area contributed by atoms with Crippen molar-refractivity contribution in [3.05, 3.63) is 50.6 Å². The minimum absolute atomic E-state index is 0.314. The van der Waals surface area contributed by atoms with Crippen molar-refractivity contribution in [2.75, 3.05) is 0 Å². The van der Waals surface area contributed by atoms with Gasteiger partial charge in [0.15, 0.2) is 0 Å². The average molecular weight is 287 g/mol. The highest BCUT2D eigenvalue weighted by Gasteiger charge is 2.14. The SMILES string of the molecule is NC(c1ccc(F)cn1)c1cscc1Br. The number of pyridine rings is 1. The molecule has 0 fully saturated rings. The van der Waals surface area contributed by atoms with E-state index in [4.69, 9.17) is 5.73 Å². The van der Waals surface area contributed by atoms with Gasteiger partial charge in [-0.1, -0.05) is 0 Å². The second-order valence-electron chi connectivity index (χ2n) is 3.05. The number of nitrogens with two attached hydrogens (primary N) is 1. The van der Waals surface area contributed by atoms with Crippen LogP contribution >= 0.6 is 27.3 Å². The first-order valence-electron chi connectivity index (χ1n) is 4.27. The highest BCUT2D eigenvalue weighted by Crippen LogP contribution is 2.29. The third kappa shape index (κ3) is 2.25. The first-order valence-corrected chi connectivity index (χ1v) is 6.00. The van der Waals surface area contributed by atoms with Gasteiger partial charge in [-0.3, -0.25) is 4.98 Å². The van der Waals surface area contributed by atoms with E-state index in [-0.39, 0.29) is 11.9 Å². The number of hydrogen-bond donors (Lipinski definition) is 1. The molecule has 0 saturated carbocycles. The maximum absolute atomic E-state index is 12.7. The Morgan fingerprint density at radius 2 is 2.20 bits per heavy atom. The highest BCUT2D eigenvalue weighted by atomic mass is 79.9. The van der Waals surface area contributed by atoms with Crippen molar-refractivity contribution in [1.82, 2.24) is 4.98 Å². The van der Waals surface area contributed by atoms with Crippen LogP contribution in [0.3, 0.4) is 0 Å². The lowest BCUT2D eigenvalue weighted by atomic mass is 10.1. The van der Waals surface area contributed by atoms with Gasteiger partial charge in [0.1, 0.15) is 5.82 Å². The van der Waals surface area contributed by atoms with E-state index in [0.717, 1.165) is 10.0 Å². The van der Waals surface area contributed by atoms with Crippen molar-refractivity contribution in [2.24, 2.45) is 5.73 Å². The predicted octanol–water partition coefficient (Wildman–Crippen LogP) is 3.09. The lowest BCUT2D eigenvalue weighted by molar-refractivity contribution is 0.617. The molecule has 0 saturated heterocycles. The number of hydrogen-bond acceptors (Lipinski definition) is 3. The van der Waals surface area contributed by atoms with Crippen molar-refractivity contribution in [3.8, 4) is 0 Å². The molecule has 0 aliphatic heterocycles. The lowest BCUT2D eigenvalue weighted by Gasteiger charge is -2.09. The second kappa shape index (κ2) is 4.38. The van der Waals surface area contributed by atoms with Gasteiger partial charge in [-0.25, -0.2) is 4.39 Å². The van der Waals surface area contributed by atoms with Crippen molar-refractivity contribution >= 4 is 27.3 Å². The van der Waals surface area contributed by atoms with Crippen LogP contribution < -0.4 is 5.73 Å². The molecule has 78 valence electrons. The van der Waals surface area contributed by atoms with Crippen LogP contribution in [0.5, 0.6) is 0 Å². The summed E-state index contributed by atoms with van der Waals surface area (Å²) in [5.74, 6) is -0.352. The molecule has 2 N–H and O–H groups in total. The maximum Gasteiger partial charge on any atom is 0.141 e. The molecule has 0 aromatic carbocycles. The van der Waals surface area contributed by atoms with Gasteiger partial charge in [0.2, 0.25) is 0 Å². The molecule has 0 aliphatic carbocycles. The van der Waals surface area contributed by atoms with Crippen LogP contribution in [0.2, 0.25) is 0 Å². The van der Waals surface area contributed by atoms with Crippen LogP contribution in [0, 0.1) is 5.82 Å². The Morgan fingerprint density at radius 1 is 1.40 bits per heavy atom. The Balaban J connectivity index is 2.32. The van der Waals surface area contributed by atoms with Gasteiger partial charge >= 0.3 is 0 Å². The molecule has 0 aliphatic rings. The van der Waals surface area contributed by atoms with Crippen LogP contribution in [0.25, 0.3) is 0 Å². The molecule has 15 heavy (non-hydrogen) atoms. The summed E-state index contributed by atoms with van der Waals surface area (Å²) in [4.78, 5) is 3.96. The molecule has 0 radical (unpaired) electrons. The number of nitrogens with zero attached hydrogens (tertiary/aromatic N) is 1. The van der Waals surface area contributed by atoms with Crippen molar-refractivity contribution in [1.29, 1.82) is 0 Å². The molecule has 0 bridgehead atoms. The third-order valence-electron chi connectivity index (χ3n) is 2.05. The van der Waals surface area contributed by atoms with E-state index in [1.54, 1.807) is 17.4 Å². The summed E-state index contributed by atoms with van der Waals surface area (Å²) in [6, 6.07) is 2.65. The van der Waals surface area contributed by atoms with Gasteiger partial charge in [-0.15, -0.1) is 0 Å². The highest BCUT2D eigenvalue weighted by molar-refractivity contribution is 9.10. The van der Waals surface area contributed by atoms with Gasteiger partial charge in [0.25, 0.3) is 0 Å². The molecule has 2 heterocycles. The first-order chi connectivity index (χ1) is 7.18. The van der Waals surface area contributed by atoms with Gasteiger partial charge in [-0.2, -0.15) is 11.3 Å². The maximum atomic E-state index is 12.7. The molecular formula is C10H8BrFN2S. The van der Waals surface area contributed by atoms with Crippen molar-refractivity contribution in [3.63, 3.8) is 0 Å². The zero-order valence-corrected chi connectivity index (χ0v) is 10.1. The van der Waals surface area contributed by atoms with E-state index < -0.39 is 0 Å². The van der Waals surface area contributed by atoms with E-state index in [9.17, 15) is 4.39 Å². The van der Waals surface area contributed by atoms with E-state index in [1.807, 2.05) is 10.8 Å². The Hall–Kier alpha value is -0.780. The normalized spacial score (nSPS) is 12.7. The topological polar surface area (TPSA) is 38.9 Å². The van der Waals surface area contributed by atoms with E-state index in [1.165, 1.54) is 12.3 Å². The smallest absolute Gasteiger partial charge is 0.141 e. The monoisotopic (exact) mass is 286 g/mol. The second-order valence-corrected chi connectivity index (χ2v) is 4.65. The van der Waals surface area contributed by atoms with Gasteiger partial charge in [-0.05, 0) is 39.0 Å². The predicted molar refractivity (Wildman–Crippen MR) is 62.2 cm³/mol. The summed E-state index contributed by atoms with van der Waals surface area (Å²) in [6.45, 7) is 0. The molecule has 2 aromatic heterocycles. The first kappa shape index (κ1) is 10.7. The van der Waals surface area contributed by atoms with Crippen LogP contribution in [0.15, 0.2) is 33.6 Å². The minimum atomic E-state index is -0.352. The number of halogens is 2. The fourth-order valence-electron chi connectivity index (χ4n) is 1.24. The lowest BCUT2D eigenvalue weighted by Crippen LogP contribution is -2.13.